The lowest BCUT2D eigenvalue weighted by Gasteiger charge is -2.03. The molecule has 4 heteroatoms. The number of benzene rings is 1. The van der Waals surface area contributed by atoms with Crippen molar-refractivity contribution in [2.24, 2.45) is 0 Å². The zero-order chi connectivity index (χ0) is 12.1. The van der Waals surface area contributed by atoms with Crippen LogP contribution in [0.15, 0.2) is 36.7 Å². The van der Waals surface area contributed by atoms with Crippen molar-refractivity contribution in [3.8, 4) is 11.5 Å². The van der Waals surface area contributed by atoms with E-state index < -0.39 is 0 Å². The van der Waals surface area contributed by atoms with E-state index in [4.69, 9.17) is 4.74 Å². The number of nitrogens with zero attached hydrogens (tertiary/aromatic N) is 2. The van der Waals surface area contributed by atoms with Crippen LogP contribution in [0.4, 0.5) is 0 Å². The standard InChI is InChI=1S/C13H16N2O2/c1-2-6-15-9-13(8-14-15)17-10-11-4-3-5-12(16)7-11/h3-5,7-9,16H,2,6,10H2,1H3. The third-order valence-electron chi connectivity index (χ3n) is 2.38. The summed E-state index contributed by atoms with van der Waals surface area (Å²) >= 11 is 0. The van der Waals surface area contributed by atoms with E-state index in [1.807, 2.05) is 16.9 Å². The van der Waals surface area contributed by atoms with Gasteiger partial charge in [-0.2, -0.15) is 5.10 Å². The predicted octanol–water partition coefficient (Wildman–Crippen LogP) is 2.58. The molecule has 1 aromatic heterocycles. The number of rotatable bonds is 5. The minimum absolute atomic E-state index is 0.257. The fourth-order valence-corrected chi connectivity index (χ4v) is 1.58. The van der Waals surface area contributed by atoms with Gasteiger partial charge in [0.25, 0.3) is 0 Å². The van der Waals surface area contributed by atoms with Crippen LogP contribution in [-0.2, 0) is 13.2 Å². The van der Waals surface area contributed by atoms with E-state index in [1.165, 1.54) is 0 Å². The third kappa shape index (κ3) is 3.24. The predicted molar refractivity (Wildman–Crippen MR) is 65.0 cm³/mol. The van der Waals surface area contributed by atoms with Gasteiger partial charge in [0.2, 0.25) is 0 Å². The fourth-order valence-electron chi connectivity index (χ4n) is 1.58. The molecule has 4 nitrogen and oxygen atoms in total. The molecule has 0 bridgehead atoms. The smallest absolute Gasteiger partial charge is 0.157 e. The molecule has 0 amide bonds. The lowest BCUT2D eigenvalue weighted by Crippen LogP contribution is -1.96. The summed E-state index contributed by atoms with van der Waals surface area (Å²) in [6.45, 7) is 3.44. The van der Waals surface area contributed by atoms with Crippen LogP contribution in [0.2, 0.25) is 0 Å². The Morgan fingerprint density at radius 3 is 3.06 bits per heavy atom. The monoisotopic (exact) mass is 232 g/mol. The number of phenolic OH excluding ortho intramolecular Hbond substituents is 1. The Labute approximate surface area is 100 Å². The van der Waals surface area contributed by atoms with Gasteiger partial charge in [-0.05, 0) is 24.1 Å². The van der Waals surface area contributed by atoms with Crippen molar-refractivity contribution in [3.63, 3.8) is 0 Å². The van der Waals surface area contributed by atoms with Crippen LogP contribution in [0.1, 0.15) is 18.9 Å². The van der Waals surface area contributed by atoms with Crippen molar-refractivity contribution in [2.45, 2.75) is 26.5 Å². The Bertz CT molecular complexity index is 480. The highest BCUT2D eigenvalue weighted by Gasteiger charge is 2.00. The molecule has 1 heterocycles. The molecule has 0 unspecified atom stereocenters. The van der Waals surface area contributed by atoms with Gasteiger partial charge in [0, 0.05) is 6.54 Å². The maximum Gasteiger partial charge on any atom is 0.157 e. The summed E-state index contributed by atoms with van der Waals surface area (Å²) in [6.07, 6.45) is 4.64. The van der Waals surface area contributed by atoms with Crippen LogP contribution in [0.25, 0.3) is 0 Å². The average molecular weight is 232 g/mol. The van der Waals surface area contributed by atoms with Crippen molar-refractivity contribution >= 4 is 0 Å². The van der Waals surface area contributed by atoms with Gasteiger partial charge in [-0.3, -0.25) is 4.68 Å². The minimum Gasteiger partial charge on any atom is -0.508 e. The second kappa shape index (κ2) is 5.39. The van der Waals surface area contributed by atoms with Gasteiger partial charge in [-0.25, -0.2) is 0 Å². The zero-order valence-electron chi connectivity index (χ0n) is 9.84. The van der Waals surface area contributed by atoms with E-state index in [2.05, 4.69) is 12.0 Å². The molecule has 17 heavy (non-hydrogen) atoms. The van der Waals surface area contributed by atoms with E-state index in [0.717, 1.165) is 24.3 Å². The first-order chi connectivity index (χ1) is 8.28. The highest BCUT2D eigenvalue weighted by Crippen LogP contribution is 2.15. The van der Waals surface area contributed by atoms with Crippen LogP contribution in [0, 0.1) is 0 Å². The highest BCUT2D eigenvalue weighted by molar-refractivity contribution is 5.27. The molecule has 0 aliphatic carbocycles. The first-order valence-corrected chi connectivity index (χ1v) is 5.71. The molecule has 0 saturated carbocycles. The minimum atomic E-state index is 0.257. The Hall–Kier alpha value is -1.97. The van der Waals surface area contributed by atoms with Crippen molar-refractivity contribution in [1.82, 2.24) is 9.78 Å². The van der Waals surface area contributed by atoms with Crippen molar-refractivity contribution in [1.29, 1.82) is 0 Å². The largest absolute Gasteiger partial charge is 0.508 e. The van der Waals surface area contributed by atoms with Crippen LogP contribution in [0.5, 0.6) is 11.5 Å². The third-order valence-corrected chi connectivity index (χ3v) is 2.38. The summed E-state index contributed by atoms with van der Waals surface area (Å²) in [5, 5.41) is 13.5. The quantitative estimate of drug-likeness (QED) is 0.861. The SMILES string of the molecule is CCCn1cc(OCc2cccc(O)c2)cn1. The van der Waals surface area contributed by atoms with E-state index in [-0.39, 0.29) is 5.75 Å². The lowest BCUT2D eigenvalue weighted by atomic mass is 10.2. The Balaban J connectivity index is 1.93. The van der Waals surface area contributed by atoms with Crippen molar-refractivity contribution in [2.75, 3.05) is 0 Å². The molecule has 0 radical (unpaired) electrons. The van der Waals surface area contributed by atoms with Crippen LogP contribution >= 0.6 is 0 Å². The van der Waals surface area contributed by atoms with E-state index in [9.17, 15) is 5.11 Å². The van der Waals surface area contributed by atoms with Gasteiger partial charge in [-0.1, -0.05) is 19.1 Å². The number of aromatic hydroxyl groups is 1. The number of hydrogen-bond acceptors (Lipinski definition) is 3. The number of phenols is 1. The molecule has 2 aromatic rings. The first-order valence-electron chi connectivity index (χ1n) is 5.71. The molecular weight excluding hydrogens is 216 g/mol. The molecular formula is C13H16N2O2. The maximum atomic E-state index is 9.31. The van der Waals surface area contributed by atoms with E-state index in [1.54, 1.807) is 24.4 Å². The molecule has 0 aliphatic rings. The summed E-state index contributed by atoms with van der Waals surface area (Å²) in [5.74, 6) is 1.01. The van der Waals surface area contributed by atoms with Crippen molar-refractivity contribution < 1.29 is 9.84 Å². The first kappa shape index (κ1) is 11.5. The molecule has 0 fully saturated rings. The summed E-state index contributed by atoms with van der Waals surface area (Å²) in [5.41, 5.74) is 0.938. The van der Waals surface area contributed by atoms with Gasteiger partial charge >= 0.3 is 0 Å². The fraction of sp³-hybridized carbons (Fsp3) is 0.308. The van der Waals surface area contributed by atoms with Gasteiger partial charge in [0.1, 0.15) is 12.4 Å². The highest BCUT2D eigenvalue weighted by atomic mass is 16.5. The summed E-state index contributed by atoms with van der Waals surface area (Å²) in [6, 6.07) is 7.05. The molecule has 1 aromatic carbocycles. The Morgan fingerprint density at radius 2 is 2.29 bits per heavy atom. The van der Waals surface area contributed by atoms with Crippen LogP contribution in [-0.4, -0.2) is 14.9 Å². The van der Waals surface area contributed by atoms with Gasteiger partial charge in [0.05, 0.1) is 12.4 Å². The molecule has 0 aliphatic heterocycles. The van der Waals surface area contributed by atoms with E-state index >= 15 is 0 Å². The number of aryl methyl sites for hydroxylation is 1. The molecule has 2 rings (SSSR count). The van der Waals surface area contributed by atoms with Gasteiger partial charge < -0.3 is 9.84 Å². The number of hydrogen-bond donors (Lipinski definition) is 1. The molecule has 90 valence electrons. The summed E-state index contributed by atoms with van der Waals surface area (Å²) < 4.78 is 7.44. The summed E-state index contributed by atoms with van der Waals surface area (Å²) in [4.78, 5) is 0. The topological polar surface area (TPSA) is 47.3 Å². The molecule has 0 atom stereocenters. The average Bonchev–Trinajstić information content (AvgIpc) is 2.75. The number of aromatic nitrogens is 2. The van der Waals surface area contributed by atoms with Gasteiger partial charge in [-0.15, -0.1) is 0 Å². The maximum absolute atomic E-state index is 9.31. The Morgan fingerprint density at radius 1 is 1.41 bits per heavy atom. The number of ether oxygens (including phenoxy) is 1. The lowest BCUT2D eigenvalue weighted by molar-refractivity contribution is 0.305. The van der Waals surface area contributed by atoms with Gasteiger partial charge in [0.15, 0.2) is 5.75 Å². The zero-order valence-corrected chi connectivity index (χ0v) is 9.84. The molecule has 0 spiro atoms. The van der Waals surface area contributed by atoms with E-state index in [0.29, 0.717) is 6.61 Å². The Kier molecular flexibility index (Phi) is 3.65. The van der Waals surface area contributed by atoms with Crippen LogP contribution < -0.4 is 4.74 Å². The second-order valence-corrected chi connectivity index (χ2v) is 3.90. The van der Waals surface area contributed by atoms with Crippen LogP contribution in [0.3, 0.4) is 0 Å². The second-order valence-electron chi connectivity index (χ2n) is 3.90. The van der Waals surface area contributed by atoms with Crippen molar-refractivity contribution in [3.05, 3.63) is 42.2 Å². The normalized spacial score (nSPS) is 10.4. The molecule has 0 saturated heterocycles. The summed E-state index contributed by atoms with van der Waals surface area (Å²) in [7, 11) is 0. The molecule has 1 N–H and O–H groups in total.